The second-order valence-corrected chi connectivity index (χ2v) is 4.81. The molecule has 5 nitrogen and oxygen atoms in total. The Morgan fingerprint density at radius 2 is 2.24 bits per heavy atom. The van der Waals surface area contributed by atoms with E-state index in [1.54, 1.807) is 7.11 Å². The van der Waals surface area contributed by atoms with Crippen LogP contribution in [0.5, 0.6) is 5.88 Å². The molecular weight excluding hydrogens is 216 g/mol. The summed E-state index contributed by atoms with van der Waals surface area (Å²) in [7, 11) is 1.68. The molecule has 2 heterocycles. The van der Waals surface area contributed by atoms with Crippen LogP contribution in [-0.4, -0.2) is 36.2 Å². The van der Waals surface area contributed by atoms with Crippen LogP contribution in [0.4, 0.5) is 5.95 Å². The molecule has 1 aliphatic carbocycles. The highest BCUT2D eigenvalue weighted by molar-refractivity contribution is 5.43. The van der Waals surface area contributed by atoms with E-state index >= 15 is 0 Å². The van der Waals surface area contributed by atoms with Crippen molar-refractivity contribution in [1.82, 2.24) is 9.97 Å². The van der Waals surface area contributed by atoms with Gasteiger partial charge in [0.15, 0.2) is 0 Å². The minimum Gasteiger partial charge on any atom is -0.481 e. The van der Waals surface area contributed by atoms with Gasteiger partial charge in [0.25, 0.3) is 0 Å². The Hall–Kier alpha value is -1.36. The van der Waals surface area contributed by atoms with E-state index in [0.29, 0.717) is 0 Å². The lowest BCUT2D eigenvalue weighted by atomic mass is 10.2. The summed E-state index contributed by atoms with van der Waals surface area (Å²) in [5, 5.41) is 0. The third kappa shape index (κ3) is 1.84. The van der Waals surface area contributed by atoms with Crippen molar-refractivity contribution in [2.45, 2.75) is 31.7 Å². The topological polar surface area (TPSA) is 64.3 Å². The van der Waals surface area contributed by atoms with Gasteiger partial charge in [0.05, 0.1) is 12.8 Å². The number of rotatable bonds is 2. The van der Waals surface area contributed by atoms with E-state index in [1.165, 1.54) is 5.56 Å². The number of fused-ring (bicyclic) bond motifs is 1. The molecule has 1 fully saturated rings. The molecule has 0 aromatic carbocycles. The maximum atomic E-state index is 5.92. The average Bonchev–Trinajstić information content (AvgIpc) is 2.95. The summed E-state index contributed by atoms with van der Waals surface area (Å²) in [5.74, 6) is 1.54. The van der Waals surface area contributed by atoms with E-state index in [1.807, 2.05) is 0 Å². The molecule has 92 valence electrons. The molecule has 0 bridgehead atoms. The molecule has 2 aliphatic rings. The Labute approximate surface area is 101 Å². The minimum absolute atomic E-state index is 0.248. The number of aromatic nitrogens is 2. The van der Waals surface area contributed by atoms with Crippen molar-refractivity contribution >= 4 is 5.95 Å². The summed E-state index contributed by atoms with van der Waals surface area (Å²) in [6.07, 6.45) is 4.26. The summed E-state index contributed by atoms with van der Waals surface area (Å²) < 4.78 is 5.38. The maximum absolute atomic E-state index is 5.92. The molecule has 3 rings (SSSR count). The van der Waals surface area contributed by atoms with Crippen molar-refractivity contribution in [2.24, 2.45) is 5.73 Å². The lowest BCUT2D eigenvalue weighted by Gasteiger charge is -2.17. The quantitative estimate of drug-likeness (QED) is 0.808. The number of nitrogens with zero attached hydrogens (tertiary/aromatic N) is 3. The van der Waals surface area contributed by atoms with Crippen LogP contribution in [0, 0.1) is 0 Å². The Kier molecular flexibility index (Phi) is 2.63. The number of methoxy groups -OCH3 is 1. The second kappa shape index (κ2) is 4.14. The molecule has 1 atom stereocenters. The SMILES string of the molecule is COc1nc(N2CCC(N)C2)nc2c1CCC2. The zero-order valence-electron chi connectivity index (χ0n) is 10.1. The van der Waals surface area contributed by atoms with Crippen LogP contribution in [0.1, 0.15) is 24.1 Å². The molecule has 0 amide bonds. The zero-order valence-corrected chi connectivity index (χ0v) is 10.1. The predicted molar refractivity (Wildman–Crippen MR) is 65.4 cm³/mol. The van der Waals surface area contributed by atoms with Crippen molar-refractivity contribution < 1.29 is 4.74 Å². The first kappa shape index (κ1) is 10.8. The van der Waals surface area contributed by atoms with Crippen LogP contribution in [0.15, 0.2) is 0 Å². The van der Waals surface area contributed by atoms with Gasteiger partial charge in [-0.2, -0.15) is 4.98 Å². The van der Waals surface area contributed by atoms with Gasteiger partial charge in [-0.25, -0.2) is 4.98 Å². The van der Waals surface area contributed by atoms with E-state index in [-0.39, 0.29) is 6.04 Å². The van der Waals surface area contributed by atoms with Crippen molar-refractivity contribution in [3.8, 4) is 5.88 Å². The molecule has 1 aromatic rings. The molecule has 1 saturated heterocycles. The summed E-state index contributed by atoms with van der Waals surface area (Å²) >= 11 is 0. The molecular formula is C12H18N4O. The van der Waals surface area contributed by atoms with Gasteiger partial charge in [-0.05, 0) is 25.7 Å². The molecule has 17 heavy (non-hydrogen) atoms. The van der Waals surface area contributed by atoms with Gasteiger partial charge < -0.3 is 15.4 Å². The molecule has 0 spiro atoms. The zero-order chi connectivity index (χ0) is 11.8. The van der Waals surface area contributed by atoms with Crippen LogP contribution < -0.4 is 15.4 Å². The third-order valence-corrected chi connectivity index (χ3v) is 3.58. The first-order valence-corrected chi connectivity index (χ1v) is 6.22. The van der Waals surface area contributed by atoms with E-state index in [0.717, 1.165) is 56.3 Å². The van der Waals surface area contributed by atoms with Gasteiger partial charge in [0.2, 0.25) is 11.8 Å². The molecule has 1 aliphatic heterocycles. The van der Waals surface area contributed by atoms with E-state index in [2.05, 4.69) is 14.9 Å². The summed E-state index contributed by atoms with van der Waals surface area (Å²) in [5.41, 5.74) is 8.27. The summed E-state index contributed by atoms with van der Waals surface area (Å²) in [6, 6.07) is 0.248. The molecule has 1 aromatic heterocycles. The van der Waals surface area contributed by atoms with Crippen LogP contribution in [0.2, 0.25) is 0 Å². The van der Waals surface area contributed by atoms with Crippen molar-refractivity contribution in [3.05, 3.63) is 11.3 Å². The van der Waals surface area contributed by atoms with Crippen molar-refractivity contribution in [2.75, 3.05) is 25.1 Å². The molecule has 2 N–H and O–H groups in total. The standard InChI is InChI=1S/C12H18N4O/c1-17-11-9-3-2-4-10(9)14-12(15-11)16-6-5-8(13)7-16/h8H,2-7,13H2,1H3. The van der Waals surface area contributed by atoms with Crippen LogP contribution >= 0.6 is 0 Å². The molecule has 0 saturated carbocycles. The van der Waals surface area contributed by atoms with Crippen LogP contribution in [0.25, 0.3) is 0 Å². The second-order valence-electron chi connectivity index (χ2n) is 4.81. The van der Waals surface area contributed by atoms with Crippen LogP contribution in [0.3, 0.4) is 0 Å². The number of aryl methyl sites for hydroxylation is 1. The average molecular weight is 234 g/mol. The first-order chi connectivity index (χ1) is 8.28. The lowest BCUT2D eigenvalue weighted by molar-refractivity contribution is 0.392. The molecule has 1 unspecified atom stereocenters. The Morgan fingerprint density at radius 1 is 1.35 bits per heavy atom. The number of ether oxygens (including phenoxy) is 1. The Morgan fingerprint density at radius 3 is 2.94 bits per heavy atom. The highest BCUT2D eigenvalue weighted by Crippen LogP contribution is 2.30. The van der Waals surface area contributed by atoms with E-state index < -0.39 is 0 Å². The lowest BCUT2D eigenvalue weighted by Crippen LogP contribution is -2.28. The first-order valence-electron chi connectivity index (χ1n) is 6.22. The normalized spacial score (nSPS) is 22.9. The fraction of sp³-hybridized carbons (Fsp3) is 0.667. The van der Waals surface area contributed by atoms with Crippen molar-refractivity contribution in [3.63, 3.8) is 0 Å². The Bertz CT molecular complexity index is 435. The number of hydrogen-bond donors (Lipinski definition) is 1. The van der Waals surface area contributed by atoms with E-state index in [9.17, 15) is 0 Å². The monoisotopic (exact) mass is 234 g/mol. The third-order valence-electron chi connectivity index (χ3n) is 3.58. The van der Waals surface area contributed by atoms with Gasteiger partial charge in [0.1, 0.15) is 0 Å². The highest BCUT2D eigenvalue weighted by Gasteiger charge is 2.25. The largest absolute Gasteiger partial charge is 0.481 e. The number of nitrogens with two attached hydrogens (primary N) is 1. The van der Waals surface area contributed by atoms with Gasteiger partial charge in [-0.15, -0.1) is 0 Å². The van der Waals surface area contributed by atoms with Crippen molar-refractivity contribution in [1.29, 1.82) is 0 Å². The Balaban J connectivity index is 1.95. The molecule has 0 radical (unpaired) electrons. The van der Waals surface area contributed by atoms with E-state index in [4.69, 9.17) is 10.5 Å². The number of anilines is 1. The van der Waals surface area contributed by atoms with Gasteiger partial charge in [0, 0.05) is 24.7 Å². The fourth-order valence-electron chi connectivity index (χ4n) is 2.66. The smallest absolute Gasteiger partial charge is 0.228 e. The summed E-state index contributed by atoms with van der Waals surface area (Å²) in [4.78, 5) is 11.3. The number of hydrogen-bond acceptors (Lipinski definition) is 5. The molecule has 5 heteroatoms. The highest BCUT2D eigenvalue weighted by atomic mass is 16.5. The van der Waals surface area contributed by atoms with Crippen LogP contribution in [-0.2, 0) is 12.8 Å². The maximum Gasteiger partial charge on any atom is 0.228 e. The van der Waals surface area contributed by atoms with Gasteiger partial charge >= 0.3 is 0 Å². The summed E-state index contributed by atoms with van der Waals surface area (Å²) in [6.45, 7) is 1.80. The predicted octanol–water partition coefficient (Wildman–Crippen LogP) is 0.511. The fourth-order valence-corrected chi connectivity index (χ4v) is 2.66. The van der Waals surface area contributed by atoms with Gasteiger partial charge in [-0.1, -0.05) is 0 Å². The minimum atomic E-state index is 0.248. The van der Waals surface area contributed by atoms with Gasteiger partial charge in [-0.3, -0.25) is 0 Å².